The Balaban J connectivity index is 1.28. The minimum atomic E-state index is -0.211. The van der Waals surface area contributed by atoms with E-state index < -0.39 is 0 Å². The zero-order chi connectivity index (χ0) is 29.7. The molecule has 2 aliphatic rings. The van der Waals surface area contributed by atoms with Gasteiger partial charge in [0.15, 0.2) is 4.80 Å². The molecule has 0 spiro atoms. The Morgan fingerprint density at radius 3 is 2.58 bits per heavy atom. The van der Waals surface area contributed by atoms with Gasteiger partial charge in [-0.1, -0.05) is 99.0 Å². The van der Waals surface area contributed by atoms with Gasteiger partial charge in [-0.05, 0) is 93.5 Å². The molecule has 1 atom stereocenters. The van der Waals surface area contributed by atoms with Crippen molar-refractivity contribution in [1.29, 1.82) is 0 Å². The van der Waals surface area contributed by atoms with Crippen LogP contribution in [-0.2, 0) is 13.0 Å². The average Bonchev–Trinajstić information content (AvgIpc) is 3.31. The molecule has 5 aromatic rings. The second-order valence-electron chi connectivity index (χ2n) is 10.4. The normalized spacial score (nSPS) is 15.9. The number of fused-ring (bicyclic) bond motifs is 3. The minimum absolute atomic E-state index is 0.0455. The number of nitrogens with zero attached hydrogens (tertiary/aromatic N) is 2. The Bertz CT molecular complexity index is 2120. The van der Waals surface area contributed by atoms with Gasteiger partial charge in [0.25, 0.3) is 5.56 Å². The number of allylic oxidation sites excluding steroid dienone is 1. The van der Waals surface area contributed by atoms with E-state index in [1.807, 2.05) is 47.0 Å². The summed E-state index contributed by atoms with van der Waals surface area (Å²) >= 11 is 20.9. The summed E-state index contributed by atoms with van der Waals surface area (Å²) in [7, 11) is 0. The van der Waals surface area contributed by atoms with Crippen molar-refractivity contribution in [1.82, 2.24) is 4.57 Å². The quantitative estimate of drug-likeness (QED) is 0.180. The van der Waals surface area contributed by atoms with Crippen LogP contribution in [0, 0.1) is 0 Å². The Morgan fingerprint density at radius 1 is 0.977 bits per heavy atom. The maximum Gasteiger partial charge on any atom is 0.271 e. The van der Waals surface area contributed by atoms with Crippen LogP contribution in [0.2, 0.25) is 10.0 Å². The number of hydrogen-bond acceptors (Lipinski definition) is 4. The van der Waals surface area contributed by atoms with Crippen LogP contribution < -0.4 is 19.6 Å². The summed E-state index contributed by atoms with van der Waals surface area (Å²) in [5, 5.41) is 1.14. The summed E-state index contributed by atoms with van der Waals surface area (Å²) in [5.74, 6) is 0.672. The first-order valence-electron chi connectivity index (χ1n) is 13.6. The van der Waals surface area contributed by atoms with Crippen LogP contribution in [0.1, 0.15) is 40.3 Å². The largest absolute Gasteiger partial charge is 0.488 e. The number of aryl methyl sites for hydroxylation is 1. The molecule has 1 aliphatic heterocycles. The maximum absolute atomic E-state index is 14.0. The smallest absolute Gasteiger partial charge is 0.271 e. The van der Waals surface area contributed by atoms with Gasteiger partial charge < -0.3 is 4.74 Å². The molecule has 1 aliphatic carbocycles. The van der Waals surface area contributed by atoms with Gasteiger partial charge in [-0.2, -0.15) is 0 Å². The van der Waals surface area contributed by atoms with Crippen molar-refractivity contribution in [2.24, 2.45) is 4.99 Å². The first-order chi connectivity index (χ1) is 20.9. The zero-order valence-electron chi connectivity index (χ0n) is 22.5. The molecule has 0 saturated carbocycles. The van der Waals surface area contributed by atoms with Gasteiger partial charge in [-0.25, -0.2) is 4.99 Å². The highest BCUT2D eigenvalue weighted by molar-refractivity contribution is 9.10. The molecule has 7 rings (SSSR count). The van der Waals surface area contributed by atoms with E-state index in [-0.39, 0.29) is 11.6 Å². The van der Waals surface area contributed by atoms with E-state index in [1.54, 1.807) is 12.1 Å². The van der Waals surface area contributed by atoms with Crippen LogP contribution >= 0.6 is 66.4 Å². The fourth-order valence-corrected chi connectivity index (χ4v) is 7.88. The van der Waals surface area contributed by atoms with Crippen molar-refractivity contribution in [3.8, 4) is 5.75 Å². The Labute approximate surface area is 278 Å². The van der Waals surface area contributed by atoms with Gasteiger partial charge in [-0.15, -0.1) is 0 Å². The van der Waals surface area contributed by atoms with Crippen LogP contribution in [0.5, 0.6) is 5.75 Å². The Morgan fingerprint density at radius 2 is 1.79 bits per heavy atom. The molecule has 4 nitrogen and oxygen atoms in total. The molecule has 0 saturated heterocycles. The topological polar surface area (TPSA) is 43.6 Å². The van der Waals surface area contributed by atoms with Gasteiger partial charge >= 0.3 is 0 Å². The Hall–Kier alpha value is -2.94. The first kappa shape index (κ1) is 28.8. The molecule has 0 radical (unpaired) electrons. The summed E-state index contributed by atoms with van der Waals surface area (Å²) in [5.41, 5.74) is 7.38. The third kappa shape index (κ3) is 5.58. The summed E-state index contributed by atoms with van der Waals surface area (Å²) in [4.78, 5) is 19.9. The Kier molecular flexibility index (Phi) is 7.95. The van der Waals surface area contributed by atoms with Crippen LogP contribution in [0.4, 0.5) is 0 Å². The van der Waals surface area contributed by atoms with E-state index in [9.17, 15) is 4.79 Å². The second-order valence-corrected chi connectivity index (χ2v) is 14.0. The first-order valence-corrected chi connectivity index (χ1v) is 16.8. The second kappa shape index (κ2) is 11.9. The van der Waals surface area contributed by atoms with Crippen molar-refractivity contribution >= 4 is 78.2 Å². The number of hydrogen-bond donors (Lipinski definition) is 0. The lowest BCUT2D eigenvalue weighted by Gasteiger charge is -2.30. The summed E-state index contributed by atoms with van der Waals surface area (Å²) in [6, 6.07) is 27.6. The maximum atomic E-state index is 14.0. The highest BCUT2D eigenvalue weighted by Gasteiger charge is 2.32. The van der Waals surface area contributed by atoms with Gasteiger partial charge in [0.1, 0.15) is 12.4 Å². The molecule has 4 aromatic carbocycles. The van der Waals surface area contributed by atoms with Gasteiger partial charge in [-0.3, -0.25) is 9.36 Å². The van der Waals surface area contributed by atoms with Crippen LogP contribution in [0.15, 0.2) is 109 Å². The summed E-state index contributed by atoms with van der Waals surface area (Å²) < 4.78 is 10.3. The summed E-state index contributed by atoms with van der Waals surface area (Å²) in [6.07, 6.45) is 3.70. The predicted octanol–water partition coefficient (Wildman–Crippen LogP) is 8.73. The lowest BCUT2D eigenvalue weighted by Crippen LogP contribution is -2.38. The van der Waals surface area contributed by atoms with E-state index in [0.29, 0.717) is 31.7 Å². The van der Waals surface area contributed by atoms with E-state index in [1.165, 1.54) is 22.5 Å². The van der Waals surface area contributed by atoms with Crippen LogP contribution in [0.25, 0.3) is 11.8 Å². The molecule has 0 fully saturated rings. The highest BCUT2D eigenvalue weighted by atomic mass is 79.9. The molecule has 0 N–H and O–H groups in total. The third-order valence-corrected chi connectivity index (χ3v) is 10.4. The van der Waals surface area contributed by atoms with Crippen LogP contribution in [-0.4, -0.2) is 4.57 Å². The van der Waals surface area contributed by atoms with Crippen LogP contribution in [0.3, 0.4) is 0 Å². The highest BCUT2D eigenvalue weighted by Crippen LogP contribution is 2.41. The van der Waals surface area contributed by atoms with Crippen molar-refractivity contribution < 1.29 is 4.74 Å². The molecule has 0 amide bonds. The van der Waals surface area contributed by atoms with Gasteiger partial charge in [0.2, 0.25) is 0 Å². The fourth-order valence-electron chi connectivity index (χ4n) is 5.64. The monoisotopic (exact) mass is 750 g/mol. The molecule has 1 aromatic heterocycles. The van der Waals surface area contributed by atoms with Crippen molar-refractivity contribution in [2.45, 2.75) is 25.5 Å². The number of ether oxygens (including phenoxy) is 1. The van der Waals surface area contributed by atoms with Gasteiger partial charge in [0.05, 0.1) is 20.7 Å². The molecule has 0 unspecified atom stereocenters. The molecular formula is C34H22Br2Cl2N2O2S. The van der Waals surface area contributed by atoms with E-state index in [4.69, 9.17) is 32.9 Å². The summed E-state index contributed by atoms with van der Waals surface area (Å²) in [6.45, 7) is 0.302. The SMILES string of the molecule is O=c1/c(=C\c2ccc(OCc3ccc(Cl)cc3Cl)c(Br)c2)sc2n1[C@H](c1ccc(Br)cc1)C1=C(N=2)c2ccccc2CC1. The van der Waals surface area contributed by atoms with Crippen molar-refractivity contribution in [3.63, 3.8) is 0 Å². The molecule has 0 bridgehead atoms. The molecule has 214 valence electrons. The van der Waals surface area contributed by atoms with Crippen molar-refractivity contribution in [2.75, 3.05) is 0 Å². The number of thiazole rings is 1. The number of benzene rings is 4. The zero-order valence-corrected chi connectivity index (χ0v) is 28.0. The van der Waals surface area contributed by atoms with Crippen molar-refractivity contribution in [3.05, 3.63) is 157 Å². The molecule has 9 heteroatoms. The average molecular weight is 753 g/mol. The molecular weight excluding hydrogens is 731 g/mol. The van der Waals surface area contributed by atoms with E-state index in [0.717, 1.165) is 49.7 Å². The minimum Gasteiger partial charge on any atom is -0.488 e. The number of rotatable bonds is 5. The van der Waals surface area contributed by atoms with E-state index >= 15 is 0 Å². The third-order valence-electron chi connectivity index (χ3n) is 7.71. The van der Waals surface area contributed by atoms with E-state index in [2.05, 4.69) is 68.3 Å². The fraction of sp³-hybridized carbons (Fsp3) is 0.118. The number of aromatic nitrogens is 1. The predicted molar refractivity (Wildman–Crippen MR) is 182 cm³/mol. The molecule has 2 heterocycles. The van der Waals surface area contributed by atoms with Gasteiger partial charge in [0, 0.05) is 25.6 Å². The lowest BCUT2D eigenvalue weighted by atomic mass is 9.83. The lowest BCUT2D eigenvalue weighted by molar-refractivity contribution is 0.304. The molecule has 43 heavy (non-hydrogen) atoms. The standard InChI is InChI=1S/C34H22Br2Cl2N2O2S/c35-23-10-6-21(7-11-23)32-26-13-9-20-3-1-2-4-25(20)31(26)39-34-40(32)33(41)30(43-34)16-19-5-14-29(27(36)15-19)42-18-22-8-12-24(37)17-28(22)38/h1-8,10-12,14-17,32H,9,13,18H2/b30-16+/t32-/m1/s1. The number of halogens is 4.